The van der Waals surface area contributed by atoms with Gasteiger partial charge >= 0.3 is 0 Å². The third-order valence-electron chi connectivity index (χ3n) is 3.65. The van der Waals surface area contributed by atoms with Gasteiger partial charge in [0.05, 0.1) is 7.11 Å². The molecule has 0 spiro atoms. The van der Waals surface area contributed by atoms with Gasteiger partial charge in [-0.05, 0) is 42.0 Å². The number of amides is 1. The van der Waals surface area contributed by atoms with E-state index in [0.29, 0.717) is 51.8 Å². The zero-order chi connectivity index (χ0) is 19.4. The molecule has 138 valence electrons. The molecule has 0 saturated heterocycles. The number of methoxy groups -OCH3 is 1. The number of fused-ring (bicyclic) bond motifs is 1. The molecule has 2 aromatic carbocycles. The van der Waals surface area contributed by atoms with Crippen LogP contribution in [0.15, 0.2) is 35.9 Å². The minimum atomic E-state index is -0.593. The molecule has 1 aliphatic heterocycles. The number of hydrogen-bond donors (Lipinski definition) is 1. The molecular weight excluding hydrogens is 391 g/mol. The summed E-state index contributed by atoms with van der Waals surface area (Å²) in [6.45, 7) is 0.830. The standard InChI is InChI=1S/C19H14Cl2N2O4/c1-25-16-5-11(6-17-18(16)27-3-2-26-17)4-12(10-22)19(24)23-15-8-13(20)7-14(21)9-15/h4-9H,2-3H2,1H3,(H,23,24)/b12-4+. The van der Waals surface area contributed by atoms with Crippen molar-refractivity contribution in [3.05, 3.63) is 51.5 Å². The van der Waals surface area contributed by atoms with Gasteiger partial charge in [-0.2, -0.15) is 5.26 Å². The number of anilines is 1. The molecule has 2 aromatic rings. The molecule has 6 nitrogen and oxygen atoms in total. The Morgan fingerprint density at radius 3 is 2.56 bits per heavy atom. The van der Waals surface area contributed by atoms with Crippen molar-refractivity contribution in [3.63, 3.8) is 0 Å². The maximum Gasteiger partial charge on any atom is 0.266 e. The Labute approximate surface area is 165 Å². The molecule has 0 radical (unpaired) electrons. The van der Waals surface area contributed by atoms with E-state index in [0.717, 1.165) is 0 Å². The number of ether oxygens (including phenoxy) is 3. The Kier molecular flexibility index (Phi) is 5.75. The Balaban J connectivity index is 1.89. The molecule has 0 aliphatic carbocycles. The Morgan fingerprint density at radius 2 is 1.89 bits per heavy atom. The quantitative estimate of drug-likeness (QED) is 0.606. The summed E-state index contributed by atoms with van der Waals surface area (Å²) in [5.74, 6) is 0.853. The number of halogens is 2. The van der Waals surface area contributed by atoms with E-state index < -0.39 is 5.91 Å². The van der Waals surface area contributed by atoms with Gasteiger partial charge in [0.1, 0.15) is 24.9 Å². The monoisotopic (exact) mass is 404 g/mol. The normalized spacial score (nSPS) is 12.9. The van der Waals surface area contributed by atoms with Crippen molar-refractivity contribution in [1.82, 2.24) is 0 Å². The fourth-order valence-electron chi connectivity index (χ4n) is 2.52. The van der Waals surface area contributed by atoms with E-state index in [2.05, 4.69) is 5.32 Å². The highest BCUT2D eigenvalue weighted by atomic mass is 35.5. The lowest BCUT2D eigenvalue weighted by Crippen LogP contribution is -2.16. The summed E-state index contributed by atoms with van der Waals surface area (Å²) in [6, 6.07) is 9.84. The number of carbonyl (C=O) groups excluding carboxylic acids is 1. The van der Waals surface area contributed by atoms with Gasteiger partial charge in [0.2, 0.25) is 5.75 Å². The van der Waals surface area contributed by atoms with E-state index in [-0.39, 0.29) is 5.57 Å². The Bertz CT molecular complexity index is 929. The summed E-state index contributed by atoms with van der Waals surface area (Å²) < 4.78 is 16.4. The highest BCUT2D eigenvalue weighted by Gasteiger charge is 2.19. The number of hydrogen-bond acceptors (Lipinski definition) is 5. The van der Waals surface area contributed by atoms with Crippen LogP contribution in [-0.2, 0) is 4.79 Å². The summed E-state index contributed by atoms with van der Waals surface area (Å²) in [5.41, 5.74) is 0.843. The van der Waals surface area contributed by atoms with Crippen molar-refractivity contribution in [2.75, 3.05) is 25.6 Å². The second-order valence-corrected chi connectivity index (χ2v) is 6.40. The van der Waals surface area contributed by atoms with Gasteiger partial charge in [0, 0.05) is 15.7 Å². The van der Waals surface area contributed by atoms with Crippen LogP contribution in [0.25, 0.3) is 6.08 Å². The first-order valence-corrected chi connectivity index (χ1v) is 8.62. The summed E-state index contributed by atoms with van der Waals surface area (Å²) in [4.78, 5) is 12.4. The molecule has 1 heterocycles. The summed E-state index contributed by atoms with van der Waals surface area (Å²) >= 11 is 11.8. The van der Waals surface area contributed by atoms with Crippen LogP contribution in [-0.4, -0.2) is 26.2 Å². The average Bonchev–Trinajstić information content (AvgIpc) is 2.64. The average molecular weight is 405 g/mol. The van der Waals surface area contributed by atoms with E-state index in [1.54, 1.807) is 18.2 Å². The largest absolute Gasteiger partial charge is 0.493 e. The van der Waals surface area contributed by atoms with E-state index in [4.69, 9.17) is 37.4 Å². The number of nitrogens with one attached hydrogen (secondary N) is 1. The van der Waals surface area contributed by atoms with Crippen LogP contribution in [0, 0.1) is 11.3 Å². The zero-order valence-corrected chi connectivity index (χ0v) is 15.7. The number of nitrogens with zero attached hydrogens (tertiary/aromatic N) is 1. The Hall–Kier alpha value is -2.88. The molecule has 0 atom stereocenters. The molecule has 27 heavy (non-hydrogen) atoms. The fraction of sp³-hybridized carbons (Fsp3) is 0.158. The summed E-state index contributed by atoms with van der Waals surface area (Å²) in [7, 11) is 1.50. The predicted molar refractivity (Wildman–Crippen MR) is 103 cm³/mol. The molecule has 0 aromatic heterocycles. The summed E-state index contributed by atoms with van der Waals surface area (Å²) in [6.07, 6.45) is 1.43. The molecular formula is C19H14Cl2N2O4. The highest BCUT2D eigenvalue weighted by Crippen LogP contribution is 2.40. The lowest BCUT2D eigenvalue weighted by molar-refractivity contribution is -0.112. The first kappa shape index (κ1) is 18.9. The van der Waals surface area contributed by atoms with Crippen molar-refractivity contribution in [1.29, 1.82) is 5.26 Å². The molecule has 0 fully saturated rings. The zero-order valence-electron chi connectivity index (χ0n) is 14.2. The predicted octanol–water partition coefficient (Wildman–Crippen LogP) is 4.32. The van der Waals surface area contributed by atoms with Crippen molar-refractivity contribution >= 4 is 40.9 Å². The molecule has 0 saturated carbocycles. The molecule has 0 unspecified atom stereocenters. The fourth-order valence-corrected chi connectivity index (χ4v) is 3.04. The first-order valence-electron chi connectivity index (χ1n) is 7.87. The summed E-state index contributed by atoms with van der Waals surface area (Å²) in [5, 5.41) is 12.7. The maximum atomic E-state index is 12.4. The molecule has 3 rings (SSSR count). The van der Waals surface area contributed by atoms with Crippen LogP contribution in [0.3, 0.4) is 0 Å². The van der Waals surface area contributed by atoms with Gasteiger partial charge in [0.15, 0.2) is 11.5 Å². The van der Waals surface area contributed by atoms with Crippen LogP contribution < -0.4 is 19.5 Å². The smallest absolute Gasteiger partial charge is 0.266 e. The van der Waals surface area contributed by atoms with Crippen LogP contribution in [0.1, 0.15) is 5.56 Å². The lowest BCUT2D eigenvalue weighted by atomic mass is 10.1. The SMILES string of the molecule is COc1cc(/C=C(\C#N)C(=O)Nc2cc(Cl)cc(Cl)c2)cc2c1OCCO2. The molecule has 0 bridgehead atoms. The number of carbonyl (C=O) groups is 1. The van der Waals surface area contributed by atoms with Crippen LogP contribution in [0.4, 0.5) is 5.69 Å². The molecule has 8 heteroatoms. The van der Waals surface area contributed by atoms with Gasteiger partial charge in [-0.25, -0.2) is 0 Å². The van der Waals surface area contributed by atoms with E-state index in [1.807, 2.05) is 6.07 Å². The van der Waals surface area contributed by atoms with Gasteiger partial charge in [-0.15, -0.1) is 0 Å². The van der Waals surface area contributed by atoms with Crippen molar-refractivity contribution < 1.29 is 19.0 Å². The second-order valence-electron chi connectivity index (χ2n) is 5.53. The lowest BCUT2D eigenvalue weighted by Gasteiger charge is -2.21. The molecule has 1 amide bonds. The van der Waals surface area contributed by atoms with Crippen LogP contribution in [0.5, 0.6) is 17.2 Å². The van der Waals surface area contributed by atoms with E-state index in [1.165, 1.54) is 25.3 Å². The molecule has 1 N–H and O–H groups in total. The van der Waals surface area contributed by atoms with Crippen molar-refractivity contribution in [2.24, 2.45) is 0 Å². The highest BCUT2D eigenvalue weighted by molar-refractivity contribution is 6.35. The maximum absolute atomic E-state index is 12.4. The Morgan fingerprint density at radius 1 is 1.19 bits per heavy atom. The third-order valence-corrected chi connectivity index (χ3v) is 4.08. The van der Waals surface area contributed by atoms with Gasteiger partial charge < -0.3 is 19.5 Å². The first-order chi connectivity index (χ1) is 13.0. The number of nitriles is 1. The van der Waals surface area contributed by atoms with E-state index in [9.17, 15) is 10.1 Å². The third kappa shape index (κ3) is 4.45. The van der Waals surface area contributed by atoms with Crippen molar-refractivity contribution in [3.8, 4) is 23.3 Å². The van der Waals surface area contributed by atoms with E-state index >= 15 is 0 Å². The topological polar surface area (TPSA) is 80.6 Å². The second kappa shape index (κ2) is 8.21. The van der Waals surface area contributed by atoms with Gasteiger partial charge in [-0.1, -0.05) is 23.2 Å². The minimum Gasteiger partial charge on any atom is -0.493 e. The minimum absolute atomic E-state index is 0.107. The van der Waals surface area contributed by atoms with Crippen LogP contribution in [0.2, 0.25) is 10.0 Å². The van der Waals surface area contributed by atoms with Crippen molar-refractivity contribution in [2.45, 2.75) is 0 Å². The number of benzene rings is 2. The molecule has 1 aliphatic rings. The van der Waals surface area contributed by atoms with Gasteiger partial charge in [-0.3, -0.25) is 4.79 Å². The number of rotatable bonds is 4. The van der Waals surface area contributed by atoms with Crippen LogP contribution >= 0.6 is 23.2 Å². The van der Waals surface area contributed by atoms with Gasteiger partial charge in [0.25, 0.3) is 5.91 Å².